The molecular formula is C48H65N11O11S2. The van der Waals surface area contributed by atoms with Gasteiger partial charge < -0.3 is 74.7 Å². The molecule has 390 valence electrons. The number of benzene rings is 3. The molecule has 8 amide bonds. The number of para-hydroxylation sites is 1. The number of carbonyl (C=O) groups is 8. The molecule has 1 heterocycles. The van der Waals surface area contributed by atoms with E-state index in [0.717, 1.165) is 16.5 Å². The maximum atomic E-state index is 14.6. The molecule has 0 saturated heterocycles. The number of aliphatic hydroxyl groups is 2. The van der Waals surface area contributed by atoms with E-state index in [1.807, 2.05) is 12.1 Å². The summed E-state index contributed by atoms with van der Waals surface area (Å²) < 4.78 is 0. The topological polar surface area (TPSA) is 375 Å². The van der Waals surface area contributed by atoms with Gasteiger partial charge in [0.25, 0.3) is 0 Å². The third-order valence-electron chi connectivity index (χ3n) is 11.5. The molecule has 9 atom stereocenters. The summed E-state index contributed by atoms with van der Waals surface area (Å²) in [7, 11) is 0. The van der Waals surface area contributed by atoms with Gasteiger partial charge in [-0.3, -0.25) is 38.4 Å². The van der Waals surface area contributed by atoms with Crippen LogP contribution in [0.3, 0.4) is 0 Å². The van der Waals surface area contributed by atoms with Gasteiger partial charge in [-0.25, -0.2) is 0 Å². The van der Waals surface area contributed by atoms with Crippen LogP contribution in [0.1, 0.15) is 42.9 Å². The van der Waals surface area contributed by atoms with E-state index in [1.54, 1.807) is 48.7 Å². The van der Waals surface area contributed by atoms with E-state index in [9.17, 15) is 53.7 Å². The number of nitrogens with two attached hydrogens (primary N) is 3. The van der Waals surface area contributed by atoms with Gasteiger partial charge in [0.05, 0.1) is 18.8 Å². The van der Waals surface area contributed by atoms with Crippen LogP contribution in [0.5, 0.6) is 5.75 Å². The lowest BCUT2D eigenvalue weighted by Crippen LogP contribution is -2.61. The van der Waals surface area contributed by atoms with E-state index in [4.69, 9.17) is 17.2 Å². The first kappa shape index (κ1) is 57.9. The number of amides is 8. The Morgan fingerprint density at radius 2 is 1.08 bits per heavy atom. The number of aromatic hydroxyl groups is 1. The van der Waals surface area contributed by atoms with Gasteiger partial charge in [0, 0.05) is 41.4 Å². The fourth-order valence-corrected chi connectivity index (χ4v) is 7.95. The van der Waals surface area contributed by atoms with Crippen molar-refractivity contribution in [2.24, 2.45) is 17.2 Å². The number of aliphatic hydroxyl groups excluding tert-OH is 2. The van der Waals surface area contributed by atoms with E-state index in [-0.39, 0.29) is 49.5 Å². The number of hydrogen-bond donors (Lipinski definition) is 16. The molecule has 17 N–H and O–H groups in total. The number of nitrogens with one attached hydrogen (secondary N) is 8. The van der Waals surface area contributed by atoms with Gasteiger partial charge in [0.2, 0.25) is 47.3 Å². The molecule has 0 aliphatic rings. The molecule has 0 aliphatic carbocycles. The lowest BCUT2D eigenvalue weighted by molar-refractivity contribution is -0.136. The van der Waals surface area contributed by atoms with Gasteiger partial charge in [0.1, 0.15) is 48.0 Å². The first-order valence-corrected chi connectivity index (χ1v) is 24.4. The Balaban J connectivity index is 1.61. The van der Waals surface area contributed by atoms with Crippen LogP contribution in [0.15, 0.2) is 85.1 Å². The zero-order chi connectivity index (χ0) is 52.9. The molecule has 0 fully saturated rings. The molecule has 0 saturated carbocycles. The second-order valence-corrected chi connectivity index (χ2v) is 17.8. The van der Waals surface area contributed by atoms with Crippen LogP contribution in [-0.2, 0) is 57.6 Å². The summed E-state index contributed by atoms with van der Waals surface area (Å²) in [6.45, 7) is 0.481. The van der Waals surface area contributed by atoms with Gasteiger partial charge >= 0.3 is 0 Å². The molecule has 3 aromatic carbocycles. The number of primary amides is 1. The second-order valence-electron chi connectivity index (χ2n) is 17.1. The third kappa shape index (κ3) is 17.6. The highest BCUT2D eigenvalue weighted by Gasteiger charge is 2.35. The number of phenols is 1. The average molecular weight is 1040 g/mol. The maximum Gasteiger partial charge on any atom is 0.245 e. The quantitative estimate of drug-likeness (QED) is 0.0197. The van der Waals surface area contributed by atoms with Gasteiger partial charge in [-0.05, 0) is 74.0 Å². The van der Waals surface area contributed by atoms with Crippen LogP contribution in [0.2, 0.25) is 0 Å². The molecular weight excluding hydrogens is 971 g/mol. The molecule has 0 aliphatic heterocycles. The molecule has 0 spiro atoms. The van der Waals surface area contributed by atoms with Crippen molar-refractivity contribution < 1.29 is 53.7 Å². The lowest BCUT2D eigenvalue weighted by Gasteiger charge is -2.27. The van der Waals surface area contributed by atoms with E-state index in [1.165, 1.54) is 31.2 Å². The zero-order valence-electron chi connectivity index (χ0n) is 39.6. The smallest absolute Gasteiger partial charge is 0.245 e. The summed E-state index contributed by atoms with van der Waals surface area (Å²) in [5.74, 6) is -7.66. The highest BCUT2D eigenvalue weighted by atomic mass is 32.1. The molecule has 0 bridgehead atoms. The van der Waals surface area contributed by atoms with Gasteiger partial charge in [0.15, 0.2) is 0 Å². The number of carbonyl (C=O) groups excluding carboxylic acids is 8. The van der Waals surface area contributed by atoms with Crippen molar-refractivity contribution in [3.05, 3.63) is 102 Å². The Kier molecular flexibility index (Phi) is 23.3. The molecule has 24 heteroatoms. The largest absolute Gasteiger partial charge is 0.508 e. The Bertz CT molecular complexity index is 2460. The number of fused-ring (bicyclic) bond motifs is 1. The number of H-pyrrole nitrogens is 1. The van der Waals surface area contributed by atoms with Crippen molar-refractivity contribution in [2.75, 3.05) is 24.7 Å². The Morgan fingerprint density at radius 3 is 1.67 bits per heavy atom. The molecule has 0 unspecified atom stereocenters. The van der Waals surface area contributed by atoms with Crippen molar-refractivity contribution in [1.29, 1.82) is 0 Å². The normalized spacial score (nSPS) is 14.9. The number of unbranched alkanes of at least 4 members (excludes halogenated alkanes) is 1. The van der Waals surface area contributed by atoms with E-state index in [0.29, 0.717) is 24.0 Å². The highest BCUT2D eigenvalue weighted by Crippen LogP contribution is 2.20. The first-order chi connectivity index (χ1) is 34.4. The summed E-state index contributed by atoms with van der Waals surface area (Å²) in [4.78, 5) is 111. The molecule has 1 aromatic heterocycles. The lowest BCUT2D eigenvalue weighted by atomic mass is 10.0. The third-order valence-corrected chi connectivity index (χ3v) is 12.2. The fraction of sp³-hybridized carbons (Fsp3) is 0.417. The minimum absolute atomic E-state index is 0.0246. The fourth-order valence-electron chi connectivity index (χ4n) is 7.43. The summed E-state index contributed by atoms with van der Waals surface area (Å²) in [5.41, 5.74) is 19.8. The summed E-state index contributed by atoms with van der Waals surface area (Å²) in [6.07, 6.45) is 0.847. The van der Waals surface area contributed by atoms with Crippen LogP contribution in [0, 0.1) is 0 Å². The molecule has 4 rings (SSSR count). The van der Waals surface area contributed by atoms with Crippen LogP contribution >= 0.6 is 25.3 Å². The monoisotopic (exact) mass is 1040 g/mol. The van der Waals surface area contributed by atoms with Crippen LogP contribution in [-0.4, -0.2) is 147 Å². The Labute approximate surface area is 427 Å². The number of aromatic nitrogens is 1. The van der Waals surface area contributed by atoms with E-state index in [2.05, 4.69) is 67.5 Å². The van der Waals surface area contributed by atoms with Crippen molar-refractivity contribution in [3.63, 3.8) is 0 Å². The predicted molar refractivity (Wildman–Crippen MR) is 274 cm³/mol. The summed E-state index contributed by atoms with van der Waals surface area (Å²) in [5, 5.41) is 48.5. The Hall–Kier alpha value is -6.70. The Morgan fingerprint density at radius 1 is 0.597 bits per heavy atom. The van der Waals surface area contributed by atoms with Gasteiger partial charge in [-0.1, -0.05) is 60.7 Å². The van der Waals surface area contributed by atoms with Crippen molar-refractivity contribution in [1.82, 2.24) is 42.2 Å². The first-order valence-electron chi connectivity index (χ1n) is 23.1. The standard InChI is InChI=1S/C48H65N11O11S2/c1-26(61)40(41(51)63)59-48(70)39(25-72)58-46(68)37(23-60)56-43(65)34(13-7-8-18-49)53-45(67)36(21-29-22-52-33-12-6-5-11-31(29)33)55-44(66)35(20-28-14-16-30(62)17-15-28)54-47(69)38(24-71)57-42(64)32(50)19-27-9-3-2-4-10-27/h2-6,9-12,14-17,22,26,32,34-40,52,60-62,71-72H,7-8,13,18-21,23-25,49-50H2,1H3,(H2,51,63)(H,53,67)(H,54,69)(H,55,66)(H,56,65)(H,57,64)(H,58,68)(H,59,70)/t26-,32+,34+,35+,36+,37+,38+,39+,40+/m1/s1. The summed E-state index contributed by atoms with van der Waals surface area (Å²) in [6, 6.07) is 11.0. The zero-order valence-corrected chi connectivity index (χ0v) is 41.4. The number of rotatable bonds is 29. The minimum atomic E-state index is -1.68. The van der Waals surface area contributed by atoms with Gasteiger partial charge in [-0.2, -0.15) is 25.3 Å². The average Bonchev–Trinajstić information content (AvgIpc) is 3.77. The van der Waals surface area contributed by atoms with Crippen molar-refractivity contribution in [3.8, 4) is 5.75 Å². The van der Waals surface area contributed by atoms with E-state index < -0.39 is 108 Å². The van der Waals surface area contributed by atoms with Crippen LogP contribution in [0.4, 0.5) is 0 Å². The minimum Gasteiger partial charge on any atom is -0.508 e. The maximum absolute atomic E-state index is 14.6. The number of phenolic OH excluding ortho intramolecular Hbond substituents is 1. The number of thiol groups is 2. The number of aromatic amines is 1. The SMILES string of the molecule is C[C@@H](O)[C@H](NC(=O)[C@H](CS)NC(=O)[C@H](CO)NC(=O)[C@H](CCCCN)NC(=O)[C@H](Cc1c[nH]c2ccccc12)NC(=O)[C@H](Cc1ccc(O)cc1)NC(=O)[C@H](CS)NC(=O)[C@@H](N)Cc1ccccc1)C(N)=O. The van der Waals surface area contributed by atoms with Crippen LogP contribution < -0.4 is 54.4 Å². The number of hydrogen-bond acceptors (Lipinski definition) is 15. The molecule has 22 nitrogen and oxygen atoms in total. The second kappa shape index (κ2) is 29.0. The van der Waals surface area contributed by atoms with Crippen LogP contribution in [0.25, 0.3) is 10.9 Å². The molecule has 4 aromatic rings. The molecule has 72 heavy (non-hydrogen) atoms. The predicted octanol–water partition coefficient (Wildman–Crippen LogP) is -2.53. The molecule has 0 radical (unpaired) electrons. The van der Waals surface area contributed by atoms with E-state index >= 15 is 0 Å². The van der Waals surface area contributed by atoms with Gasteiger partial charge in [-0.15, -0.1) is 0 Å². The highest BCUT2D eigenvalue weighted by molar-refractivity contribution is 7.80. The van der Waals surface area contributed by atoms with Crippen molar-refractivity contribution >= 4 is 83.4 Å². The summed E-state index contributed by atoms with van der Waals surface area (Å²) >= 11 is 8.38. The van der Waals surface area contributed by atoms with Crippen molar-refractivity contribution in [2.45, 2.75) is 99.9 Å².